The molecule has 3 nitrogen and oxygen atoms in total. The van der Waals surface area contributed by atoms with E-state index < -0.39 is 0 Å². The zero-order chi connectivity index (χ0) is 10.3. The van der Waals surface area contributed by atoms with Crippen molar-refractivity contribution >= 4 is 5.97 Å². The maximum atomic E-state index is 11.1. The molecule has 0 amide bonds. The average molecular weight is 187 g/mol. The Morgan fingerprint density at radius 3 is 2.54 bits per heavy atom. The monoisotopic (exact) mass is 187 g/mol. The first-order chi connectivity index (χ1) is 6.11. The van der Waals surface area contributed by atoms with Crippen LogP contribution < -0.4 is 5.73 Å². The predicted octanol–water partition coefficient (Wildman–Crippen LogP) is 1.56. The Bertz CT molecular complexity index is 148. The summed E-state index contributed by atoms with van der Waals surface area (Å²) in [5.41, 5.74) is 5.40. The van der Waals surface area contributed by atoms with E-state index in [0.29, 0.717) is 5.92 Å². The Morgan fingerprint density at radius 1 is 1.46 bits per heavy atom. The highest BCUT2D eigenvalue weighted by molar-refractivity contribution is 5.71. The van der Waals surface area contributed by atoms with E-state index in [1.54, 1.807) is 0 Å². The van der Waals surface area contributed by atoms with Crippen LogP contribution in [0.1, 0.15) is 33.1 Å². The summed E-state index contributed by atoms with van der Waals surface area (Å²) in [6.45, 7) is 4.79. The van der Waals surface area contributed by atoms with Gasteiger partial charge in [-0.2, -0.15) is 0 Å². The Morgan fingerprint density at radius 2 is 2.08 bits per heavy atom. The molecule has 0 fully saturated rings. The molecule has 0 aromatic rings. The number of methoxy groups -OCH3 is 1. The van der Waals surface area contributed by atoms with Crippen molar-refractivity contribution < 1.29 is 9.53 Å². The normalized spacial score (nSPS) is 15.1. The minimum atomic E-state index is -0.111. The van der Waals surface area contributed by atoms with Crippen molar-refractivity contribution in [2.24, 2.45) is 17.6 Å². The van der Waals surface area contributed by atoms with E-state index in [9.17, 15) is 4.79 Å². The molecule has 0 saturated heterocycles. The molecule has 13 heavy (non-hydrogen) atoms. The Balaban J connectivity index is 3.64. The fourth-order valence-corrected chi connectivity index (χ4v) is 1.49. The van der Waals surface area contributed by atoms with Crippen molar-refractivity contribution in [3.05, 3.63) is 0 Å². The van der Waals surface area contributed by atoms with Gasteiger partial charge in [-0.3, -0.25) is 4.79 Å². The Hall–Kier alpha value is -0.570. The zero-order valence-corrected chi connectivity index (χ0v) is 8.88. The van der Waals surface area contributed by atoms with Crippen molar-refractivity contribution in [1.29, 1.82) is 0 Å². The second-order valence-electron chi connectivity index (χ2n) is 3.70. The van der Waals surface area contributed by atoms with E-state index in [1.807, 2.05) is 6.92 Å². The number of hydrogen-bond acceptors (Lipinski definition) is 3. The number of esters is 1. The zero-order valence-electron chi connectivity index (χ0n) is 8.88. The van der Waals surface area contributed by atoms with Crippen LogP contribution in [0.15, 0.2) is 0 Å². The lowest BCUT2D eigenvalue weighted by Gasteiger charge is -2.14. The van der Waals surface area contributed by atoms with Gasteiger partial charge in [-0.15, -0.1) is 0 Å². The molecular formula is C10H21NO2. The summed E-state index contributed by atoms with van der Waals surface area (Å²) < 4.78 is 4.65. The largest absolute Gasteiger partial charge is 0.469 e. The van der Waals surface area contributed by atoms with Gasteiger partial charge < -0.3 is 10.5 Å². The van der Waals surface area contributed by atoms with Crippen molar-refractivity contribution in [2.75, 3.05) is 13.7 Å². The number of nitrogens with two attached hydrogens (primary N) is 1. The summed E-state index contributed by atoms with van der Waals surface area (Å²) in [6.07, 6.45) is 3.03. The SMILES string of the molecule is COC(=O)C(C)CC(C)CCCN. The van der Waals surface area contributed by atoms with Crippen molar-refractivity contribution in [3.63, 3.8) is 0 Å². The number of rotatable bonds is 6. The van der Waals surface area contributed by atoms with E-state index in [-0.39, 0.29) is 11.9 Å². The van der Waals surface area contributed by atoms with Gasteiger partial charge >= 0.3 is 5.97 Å². The molecule has 0 heterocycles. The molecule has 2 N–H and O–H groups in total. The average Bonchev–Trinajstić information content (AvgIpc) is 2.13. The molecule has 78 valence electrons. The summed E-state index contributed by atoms with van der Waals surface area (Å²) >= 11 is 0. The molecule has 3 heteroatoms. The molecule has 0 spiro atoms. The van der Waals surface area contributed by atoms with Crippen molar-refractivity contribution in [3.8, 4) is 0 Å². The predicted molar refractivity (Wildman–Crippen MR) is 53.2 cm³/mol. The molecule has 0 radical (unpaired) electrons. The van der Waals surface area contributed by atoms with Crippen LogP contribution in [0.2, 0.25) is 0 Å². The molecule has 0 saturated carbocycles. The first-order valence-corrected chi connectivity index (χ1v) is 4.89. The van der Waals surface area contributed by atoms with Crippen LogP contribution in [0.4, 0.5) is 0 Å². The van der Waals surface area contributed by atoms with Gasteiger partial charge in [0.15, 0.2) is 0 Å². The molecule has 0 aromatic heterocycles. The van der Waals surface area contributed by atoms with Gasteiger partial charge in [0.1, 0.15) is 0 Å². The first-order valence-electron chi connectivity index (χ1n) is 4.89. The molecule has 0 aliphatic carbocycles. The third-order valence-electron chi connectivity index (χ3n) is 2.26. The van der Waals surface area contributed by atoms with Crippen LogP contribution in [0.3, 0.4) is 0 Å². The highest BCUT2D eigenvalue weighted by Gasteiger charge is 2.15. The summed E-state index contributed by atoms with van der Waals surface area (Å²) in [7, 11) is 1.43. The molecule has 0 rings (SSSR count). The van der Waals surface area contributed by atoms with Gasteiger partial charge in [0.25, 0.3) is 0 Å². The lowest BCUT2D eigenvalue weighted by atomic mass is 9.94. The third kappa shape index (κ3) is 5.64. The molecular weight excluding hydrogens is 166 g/mol. The van der Waals surface area contributed by atoms with Crippen molar-refractivity contribution in [1.82, 2.24) is 0 Å². The Labute approximate surface area is 80.6 Å². The van der Waals surface area contributed by atoms with Gasteiger partial charge in [-0.25, -0.2) is 0 Å². The van der Waals surface area contributed by atoms with E-state index in [4.69, 9.17) is 5.73 Å². The van der Waals surface area contributed by atoms with Gasteiger partial charge in [0.2, 0.25) is 0 Å². The number of carbonyl (C=O) groups is 1. The van der Waals surface area contributed by atoms with Crippen LogP contribution in [-0.4, -0.2) is 19.6 Å². The van der Waals surface area contributed by atoms with Crippen LogP contribution in [-0.2, 0) is 9.53 Å². The fraction of sp³-hybridized carbons (Fsp3) is 0.900. The minimum absolute atomic E-state index is 0.0118. The minimum Gasteiger partial charge on any atom is -0.469 e. The van der Waals surface area contributed by atoms with Crippen LogP contribution in [0.5, 0.6) is 0 Å². The van der Waals surface area contributed by atoms with Gasteiger partial charge in [0.05, 0.1) is 13.0 Å². The van der Waals surface area contributed by atoms with Gasteiger partial charge in [-0.1, -0.05) is 13.8 Å². The maximum Gasteiger partial charge on any atom is 0.308 e. The third-order valence-corrected chi connectivity index (χ3v) is 2.26. The Kier molecular flexibility index (Phi) is 6.59. The van der Waals surface area contributed by atoms with E-state index >= 15 is 0 Å². The molecule has 2 unspecified atom stereocenters. The highest BCUT2D eigenvalue weighted by Crippen LogP contribution is 2.17. The number of ether oxygens (including phenoxy) is 1. The summed E-state index contributed by atoms with van der Waals surface area (Å²) in [4.78, 5) is 11.1. The first kappa shape index (κ1) is 12.4. The summed E-state index contributed by atoms with van der Waals surface area (Å²) in [6, 6.07) is 0. The molecule has 0 aliphatic rings. The molecule has 2 atom stereocenters. The number of hydrogen-bond donors (Lipinski definition) is 1. The molecule has 0 bridgehead atoms. The summed E-state index contributed by atoms with van der Waals surface area (Å²) in [5, 5.41) is 0. The highest BCUT2D eigenvalue weighted by atomic mass is 16.5. The lowest BCUT2D eigenvalue weighted by Crippen LogP contribution is -2.16. The topological polar surface area (TPSA) is 52.3 Å². The standard InChI is InChI=1S/C10H21NO2/c1-8(5-4-6-11)7-9(2)10(12)13-3/h8-9H,4-7,11H2,1-3H3. The second kappa shape index (κ2) is 6.89. The van der Waals surface area contributed by atoms with Crippen LogP contribution in [0.25, 0.3) is 0 Å². The van der Waals surface area contributed by atoms with Gasteiger partial charge in [0, 0.05) is 0 Å². The maximum absolute atomic E-state index is 11.1. The van der Waals surface area contributed by atoms with Crippen molar-refractivity contribution in [2.45, 2.75) is 33.1 Å². The van der Waals surface area contributed by atoms with E-state index in [2.05, 4.69) is 11.7 Å². The quantitative estimate of drug-likeness (QED) is 0.642. The number of carbonyl (C=O) groups excluding carboxylic acids is 1. The van der Waals surface area contributed by atoms with Crippen LogP contribution in [0, 0.1) is 11.8 Å². The molecule has 0 aromatic carbocycles. The van der Waals surface area contributed by atoms with E-state index in [1.165, 1.54) is 7.11 Å². The van der Waals surface area contributed by atoms with Gasteiger partial charge in [-0.05, 0) is 31.7 Å². The van der Waals surface area contributed by atoms with Crippen LogP contribution >= 0.6 is 0 Å². The fourth-order valence-electron chi connectivity index (χ4n) is 1.49. The lowest BCUT2D eigenvalue weighted by molar-refractivity contribution is -0.145. The summed E-state index contributed by atoms with van der Waals surface area (Å²) in [5.74, 6) is 0.454. The van der Waals surface area contributed by atoms with E-state index in [0.717, 1.165) is 25.8 Å². The second-order valence-corrected chi connectivity index (χ2v) is 3.70. The molecule has 0 aliphatic heterocycles. The smallest absolute Gasteiger partial charge is 0.308 e.